The van der Waals surface area contributed by atoms with Crippen molar-refractivity contribution in [3.05, 3.63) is 48.2 Å². The predicted octanol–water partition coefficient (Wildman–Crippen LogP) is 2.56. The first-order valence-electron chi connectivity index (χ1n) is 9.12. The maximum absolute atomic E-state index is 13.0. The highest BCUT2D eigenvalue weighted by Crippen LogP contribution is 2.24. The number of nitrogens with one attached hydrogen (secondary N) is 1. The summed E-state index contributed by atoms with van der Waals surface area (Å²) in [6.07, 6.45) is 3.13. The smallest absolute Gasteiger partial charge is 0.257 e. The molecule has 1 aliphatic rings. The number of carbonyl (C=O) groups excluding carboxylic acids is 2. The predicted molar refractivity (Wildman–Crippen MR) is 103 cm³/mol. The lowest BCUT2D eigenvalue weighted by atomic mass is 9.97. The Balaban J connectivity index is 1.77. The van der Waals surface area contributed by atoms with Gasteiger partial charge in [0.2, 0.25) is 5.91 Å². The molecule has 0 radical (unpaired) electrons. The summed E-state index contributed by atoms with van der Waals surface area (Å²) in [5.41, 5.74) is 6.70. The van der Waals surface area contributed by atoms with Crippen molar-refractivity contribution in [2.45, 2.75) is 19.8 Å². The van der Waals surface area contributed by atoms with Crippen molar-refractivity contribution in [3.63, 3.8) is 0 Å². The van der Waals surface area contributed by atoms with Crippen LogP contribution >= 0.6 is 0 Å². The Kier molecular flexibility index (Phi) is 5.90. The number of primary amides is 1. The van der Waals surface area contributed by atoms with Crippen molar-refractivity contribution < 1.29 is 14.3 Å². The van der Waals surface area contributed by atoms with E-state index < -0.39 is 0 Å². The van der Waals surface area contributed by atoms with E-state index in [0.29, 0.717) is 31.1 Å². The van der Waals surface area contributed by atoms with Gasteiger partial charge in [0, 0.05) is 25.0 Å². The van der Waals surface area contributed by atoms with E-state index in [4.69, 9.17) is 10.5 Å². The van der Waals surface area contributed by atoms with Crippen LogP contribution in [0.4, 0.5) is 11.5 Å². The largest absolute Gasteiger partial charge is 0.494 e. The van der Waals surface area contributed by atoms with Crippen molar-refractivity contribution in [1.82, 2.24) is 9.88 Å². The van der Waals surface area contributed by atoms with Crippen molar-refractivity contribution in [1.29, 1.82) is 0 Å². The third kappa shape index (κ3) is 4.55. The van der Waals surface area contributed by atoms with Gasteiger partial charge in [-0.05, 0) is 56.2 Å². The number of carbonyl (C=O) groups is 2. The summed E-state index contributed by atoms with van der Waals surface area (Å²) in [5, 5.41) is 3.19. The Morgan fingerprint density at radius 3 is 2.78 bits per heavy atom. The number of nitrogens with zero attached hydrogens (tertiary/aromatic N) is 2. The Bertz CT molecular complexity index is 807. The number of nitrogens with two attached hydrogens (primary N) is 1. The second-order valence-electron chi connectivity index (χ2n) is 6.47. The van der Waals surface area contributed by atoms with E-state index in [0.717, 1.165) is 24.3 Å². The second kappa shape index (κ2) is 8.53. The third-order valence-corrected chi connectivity index (χ3v) is 4.58. The monoisotopic (exact) mass is 368 g/mol. The highest BCUT2D eigenvalue weighted by atomic mass is 16.5. The minimum atomic E-state index is -0.355. The number of likely N-dealkylation sites (tertiary alicyclic amines) is 1. The van der Waals surface area contributed by atoms with Gasteiger partial charge in [0.05, 0.1) is 18.1 Å². The molecule has 3 N–H and O–H groups in total. The van der Waals surface area contributed by atoms with Crippen LogP contribution in [0.5, 0.6) is 5.75 Å². The van der Waals surface area contributed by atoms with Crippen LogP contribution in [0.15, 0.2) is 42.6 Å². The Labute approximate surface area is 158 Å². The lowest BCUT2D eigenvalue weighted by Gasteiger charge is -2.31. The minimum absolute atomic E-state index is 0.150. The van der Waals surface area contributed by atoms with Gasteiger partial charge in [-0.25, -0.2) is 4.98 Å². The summed E-state index contributed by atoms with van der Waals surface area (Å²) in [6, 6.07) is 10.9. The molecule has 142 valence electrons. The summed E-state index contributed by atoms with van der Waals surface area (Å²) < 4.78 is 5.44. The van der Waals surface area contributed by atoms with Crippen LogP contribution in [-0.2, 0) is 4.79 Å². The van der Waals surface area contributed by atoms with Crippen LogP contribution in [0.2, 0.25) is 0 Å². The molecule has 1 fully saturated rings. The quantitative estimate of drug-likeness (QED) is 0.817. The summed E-state index contributed by atoms with van der Waals surface area (Å²) in [5.74, 6) is 0.467. The fraction of sp³-hybridized carbons (Fsp3) is 0.350. The van der Waals surface area contributed by atoms with E-state index in [1.165, 1.54) is 0 Å². The molecule has 7 heteroatoms. The normalized spacial score (nSPS) is 16.6. The van der Waals surface area contributed by atoms with E-state index in [2.05, 4.69) is 10.3 Å². The molecule has 2 heterocycles. The van der Waals surface area contributed by atoms with Crippen LogP contribution in [0.1, 0.15) is 30.1 Å². The molecular weight excluding hydrogens is 344 g/mol. The zero-order valence-corrected chi connectivity index (χ0v) is 15.4. The maximum Gasteiger partial charge on any atom is 0.257 e. The first kappa shape index (κ1) is 18.7. The van der Waals surface area contributed by atoms with Crippen molar-refractivity contribution >= 4 is 23.3 Å². The SMILES string of the molecule is CCOc1ccc(Nc2ncccc2C(=O)N2CCCC(C(N)=O)C2)cc1. The molecule has 1 unspecified atom stereocenters. The Morgan fingerprint density at radius 1 is 1.30 bits per heavy atom. The molecule has 0 spiro atoms. The van der Waals surface area contributed by atoms with Gasteiger partial charge < -0.3 is 20.7 Å². The van der Waals surface area contributed by atoms with Crippen LogP contribution in [-0.4, -0.2) is 41.4 Å². The summed E-state index contributed by atoms with van der Waals surface area (Å²) in [7, 11) is 0. The average molecular weight is 368 g/mol. The number of hydrogen-bond donors (Lipinski definition) is 2. The number of piperidine rings is 1. The lowest BCUT2D eigenvalue weighted by Crippen LogP contribution is -2.44. The summed E-state index contributed by atoms with van der Waals surface area (Å²) in [4.78, 5) is 30.5. The standard InChI is InChI=1S/C20H24N4O3/c1-2-27-16-9-7-15(8-10-16)23-19-17(6-3-11-22-19)20(26)24-12-4-5-14(13-24)18(21)25/h3,6-11,14H,2,4-5,12-13H2,1H3,(H2,21,25)(H,22,23). The molecular formula is C20H24N4O3. The molecule has 7 nitrogen and oxygen atoms in total. The molecule has 2 amide bonds. The molecule has 0 saturated carbocycles. The molecule has 0 bridgehead atoms. The van der Waals surface area contributed by atoms with Gasteiger partial charge in [0.15, 0.2) is 0 Å². The van der Waals surface area contributed by atoms with Gasteiger partial charge >= 0.3 is 0 Å². The Morgan fingerprint density at radius 2 is 2.07 bits per heavy atom. The summed E-state index contributed by atoms with van der Waals surface area (Å²) >= 11 is 0. The average Bonchev–Trinajstić information content (AvgIpc) is 2.70. The molecule has 1 aromatic heterocycles. The highest BCUT2D eigenvalue weighted by molar-refractivity contribution is 5.99. The number of anilines is 2. The highest BCUT2D eigenvalue weighted by Gasteiger charge is 2.28. The number of hydrogen-bond acceptors (Lipinski definition) is 5. The van der Waals surface area contributed by atoms with Crippen molar-refractivity contribution in [2.75, 3.05) is 25.0 Å². The number of ether oxygens (including phenoxy) is 1. The van der Waals surface area contributed by atoms with Gasteiger partial charge in [0.1, 0.15) is 11.6 Å². The van der Waals surface area contributed by atoms with Gasteiger partial charge in [-0.2, -0.15) is 0 Å². The first-order valence-corrected chi connectivity index (χ1v) is 9.12. The Hall–Kier alpha value is -3.09. The van der Waals surface area contributed by atoms with Gasteiger partial charge in [-0.3, -0.25) is 9.59 Å². The van der Waals surface area contributed by atoms with Crippen LogP contribution < -0.4 is 15.8 Å². The molecule has 0 aliphatic carbocycles. The fourth-order valence-corrected chi connectivity index (χ4v) is 3.18. The molecule has 1 aliphatic heterocycles. The van der Waals surface area contributed by atoms with E-state index in [-0.39, 0.29) is 17.7 Å². The zero-order valence-electron chi connectivity index (χ0n) is 15.4. The second-order valence-corrected chi connectivity index (χ2v) is 6.47. The zero-order chi connectivity index (χ0) is 19.2. The van der Waals surface area contributed by atoms with E-state index in [1.807, 2.05) is 31.2 Å². The summed E-state index contributed by atoms with van der Waals surface area (Å²) in [6.45, 7) is 3.50. The van der Waals surface area contributed by atoms with Crippen molar-refractivity contribution in [2.24, 2.45) is 11.7 Å². The number of benzene rings is 1. The van der Waals surface area contributed by atoms with Gasteiger partial charge in [-0.15, -0.1) is 0 Å². The fourth-order valence-electron chi connectivity index (χ4n) is 3.18. The van der Waals surface area contributed by atoms with Gasteiger partial charge in [0.25, 0.3) is 5.91 Å². The van der Waals surface area contributed by atoms with Crippen LogP contribution in [0.25, 0.3) is 0 Å². The molecule has 27 heavy (non-hydrogen) atoms. The molecule has 1 saturated heterocycles. The van der Waals surface area contributed by atoms with Crippen molar-refractivity contribution in [3.8, 4) is 5.75 Å². The van der Waals surface area contributed by atoms with E-state index in [9.17, 15) is 9.59 Å². The number of pyridine rings is 1. The molecule has 1 aromatic carbocycles. The van der Waals surface area contributed by atoms with E-state index in [1.54, 1.807) is 23.2 Å². The maximum atomic E-state index is 13.0. The number of aromatic nitrogens is 1. The third-order valence-electron chi connectivity index (χ3n) is 4.58. The lowest BCUT2D eigenvalue weighted by molar-refractivity contribution is -0.123. The topological polar surface area (TPSA) is 97.6 Å². The van der Waals surface area contributed by atoms with Crippen LogP contribution in [0.3, 0.4) is 0 Å². The molecule has 2 aromatic rings. The first-order chi connectivity index (χ1) is 13.1. The van der Waals surface area contributed by atoms with Crippen LogP contribution in [0, 0.1) is 5.92 Å². The molecule has 3 rings (SSSR count). The van der Waals surface area contributed by atoms with Gasteiger partial charge in [-0.1, -0.05) is 0 Å². The number of rotatable bonds is 6. The van der Waals surface area contributed by atoms with E-state index >= 15 is 0 Å². The minimum Gasteiger partial charge on any atom is -0.494 e. The number of amides is 2. The molecule has 1 atom stereocenters.